The minimum Gasteiger partial charge on any atom is -0.347 e. The average Bonchev–Trinajstić information content (AvgIpc) is 3.33. The van der Waals surface area contributed by atoms with E-state index in [2.05, 4.69) is 25.8 Å². The van der Waals surface area contributed by atoms with E-state index in [9.17, 15) is 32.5 Å². The average molecular weight is 573 g/mol. The summed E-state index contributed by atoms with van der Waals surface area (Å²) in [6.45, 7) is 3.37. The SMILES string of the molecule is O=c1nc(N2CC3CN(Cc4ccc(F)cc4Br)CC3C2)sc2c([N+](=O)[O-])cc(C(F)(F)F)cc12. The number of benzene rings is 2. The van der Waals surface area contributed by atoms with Crippen molar-refractivity contribution in [3.05, 3.63) is 72.2 Å². The number of non-ortho nitro benzene ring substituents is 1. The van der Waals surface area contributed by atoms with Gasteiger partial charge >= 0.3 is 6.18 Å². The topological polar surface area (TPSA) is 79.6 Å². The molecular formula is C22H17BrF4N4O3S. The third kappa shape index (κ3) is 4.64. The molecule has 2 aliphatic heterocycles. The van der Waals surface area contributed by atoms with Crippen LogP contribution in [0.15, 0.2) is 39.6 Å². The second kappa shape index (κ2) is 8.79. The zero-order valence-electron chi connectivity index (χ0n) is 17.9. The molecule has 7 nitrogen and oxygen atoms in total. The summed E-state index contributed by atoms with van der Waals surface area (Å²) in [7, 11) is 0. The van der Waals surface area contributed by atoms with Gasteiger partial charge in [-0.15, -0.1) is 0 Å². The largest absolute Gasteiger partial charge is 0.416 e. The van der Waals surface area contributed by atoms with E-state index in [1.54, 1.807) is 6.07 Å². The summed E-state index contributed by atoms with van der Waals surface area (Å²) in [6.07, 6.45) is -4.82. The standard InChI is InChI=1S/C22H17BrF4N4O3S/c23-17-5-15(24)2-1-11(17)6-29-7-12-9-30(10-13(12)8-29)21-28-20(32)16-3-14(22(25,26)27)4-18(31(33)34)19(16)35-21/h1-5,12-13H,6-10H2. The predicted molar refractivity (Wildman–Crippen MR) is 126 cm³/mol. The van der Waals surface area contributed by atoms with Crippen molar-refractivity contribution >= 4 is 48.2 Å². The fraction of sp³-hybridized carbons (Fsp3) is 0.364. The number of hydrogen-bond acceptors (Lipinski definition) is 7. The Morgan fingerprint density at radius 3 is 2.43 bits per heavy atom. The molecule has 2 fully saturated rings. The van der Waals surface area contributed by atoms with E-state index in [1.165, 1.54) is 12.1 Å². The lowest BCUT2D eigenvalue weighted by Crippen LogP contribution is -2.29. The van der Waals surface area contributed by atoms with E-state index < -0.39 is 33.3 Å². The fourth-order valence-electron chi connectivity index (χ4n) is 4.84. The molecule has 35 heavy (non-hydrogen) atoms. The molecule has 2 aliphatic rings. The number of nitrogens with zero attached hydrogens (tertiary/aromatic N) is 4. The number of halogens is 5. The minimum atomic E-state index is -4.82. The van der Waals surface area contributed by atoms with Crippen LogP contribution in [0.25, 0.3) is 10.1 Å². The summed E-state index contributed by atoms with van der Waals surface area (Å²) < 4.78 is 53.5. The van der Waals surface area contributed by atoms with Crippen LogP contribution in [0.5, 0.6) is 0 Å². The molecule has 0 N–H and O–H groups in total. The Kier molecular flexibility index (Phi) is 6.04. The van der Waals surface area contributed by atoms with Crippen molar-refractivity contribution in [2.45, 2.75) is 12.7 Å². The molecule has 0 saturated carbocycles. The number of anilines is 1. The summed E-state index contributed by atoms with van der Waals surface area (Å²) in [5, 5.41) is 11.4. The van der Waals surface area contributed by atoms with Crippen molar-refractivity contribution in [3.8, 4) is 0 Å². The molecule has 3 aromatic rings. The summed E-state index contributed by atoms with van der Waals surface area (Å²) in [4.78, 5) is 31.3. The number of alkyl halides is 3. The van der Waals surface area contributed by atoms with Gasteiger partial charge < -0.3 is 4.90 Å². The molecule has 1 aromatic heterocycles. The van der Waals surface area contributed by atoms with Gasteiger partial charge in [0.2, 0.25) is 0 Å². The van der Waals surface area contributed by atoms with Crippen molar-refractivity contribution in [3.63, 3.8) is 0 Å². The number of nitro groups is 1. The number of nitro benzene ring substituents is 1. The minimum absolute atomic E-state index is 0.113. The number of hydrogen-bond donors (Lipinski definition) is 0. The van der Waals surface area contributed by atoms with E-state index in [0.717, 1.165) is 30.0 Å². The zero-order valence-corrected chi connectivity index (χ0v) is 20.3. The van der Waals surface area contributed by atoms with Crippen LogP contribution in [0.3, 0.4) is 0 Å². The maximum atomic E-state index is 13.4. The molecule has 2 unspecified atom stereocenters. The van der Waals surface area contributed by atoms with E-state index in [0.29, 0.717) is 36.2 Å². The van der Waals surface area contributed by atoms with Crippen LogP contribution >= 0.6 is 27.3 Å². The second-order valence-electron chi connectivity index (χ2n) is 8.78. The van der Waals surface area contributed by atoms with Gasteiger partial charge in [-0.1, -0.05) is 33.3 Å². The quantitative estimate of drug-likeness (QED) is 0.247. The number of likely N-dealkylation sites (tertiary alicyclic amines) is 1. The second-order valence-corrected chi connectivity index (χ2v) is 10.6. The number of rotatable bonds is 4. The van der Waals surface area contributed by atoms with Gasteiger partial charge in [0.1, 0.15) is 10.5 Å². The Balaban J connectivity index is 1.37. The molecule has 0 aliphatic carbocycles. The summed E-state index contributed by atoms with van der Waals surface area (Å²) in [5.41, 5.74) is -1.94. The molecule has 5 rings (SSSR count). The zero-order chi connectivity index (χ0) is 25.1. The highest BCUT2D eigenvalue weighted by atomic mass is 79.9. The normalized spacial score (nSPS) is 20.5. The van der Waals surface area contributed by atoms with Gasteiger partial charge in [0.05, 0.1) is 15.9 Å². The van der Waals surface area contributed by atoms with Crippen LogP contribution in [0, 0.1) is 27.8 Å². The Hall–Kier alpha value is -2.64. The van der Waals surface area contributed by atoms with E-state index in [-0.39, 0.29) is 27.5 Å². The fourth-order valence-corrected chi connectivity index (χ4v) is 6.40. The van der Waals surface area contributed by atoms with Gasteiger partial charge in [0, 0.05) is 43.3 Å². The van der Waals surface area contributed by atoms with Crippen LogP contribution in [-0.4, -0.2) is 41.0 Å². The smallest absolute Gasteiger partial charge is 0.347 e. The molecule has 13 heteroatoms. The predicted octanol–water partition coefficient (Wildman–Crippen LogP) is 5.05. The molecule has 2 aromatic carbocycles. The first-order chi connectivity index (χ1) is 16.5. The highest BCUT2D eigenvalue weighted by molar-refractivity contribution is 9.10. The molecule has 0 spiro atoms. The summed E-state index contributed by atoms with van der Waals surface area (Å²) >= 11 is 4.26. The van der Waals surface area contributed by atoms with Gasteiger partial charge in [0.15, 0.2) is 5.13 Å². The molecular weight excluding hydrogens is 556 g/mol. The number of fused-ring (bicyclic) bond motifs is 2. The van der Waals surface area contributed by atoms with Gasteiger partial charge in [0.25, 0.3) is 11.2 Å². The van der Waals surface area contributed by atoms with Crippen molar-refractivity contribution in [2.24, 2.45) is 11.8 Å². The van der Waals surface area contributed by atoms with Crippen molar-refractivity contribution in [1.29, 1.82) is 0 Å². The number of aromatic nitrogens is 1. The lowest BCUT2D eigenvalue weighted by Gasteiger charge is -2.22. The molecule has 2 atom stereocenters. The van der Waals surface area contributed by atoms with Crippen molar-refractivity contribution in [2.75, 3.05) is 31.1 Å². The van der Waals surface area contributed by atoms with Crippen LogP contribution in [0.1, 0.15) is 11.1 Å². The first-order valence-corrected chi connectivity index (χ1v) is 12.2. The van der Waals surface area contributed by atoms with Gasteiger partial charge in [-0.2, -0.15) is 18.2 Å². The van der Waals surface area contributed by atoms with Crippen LogP contribution in [0.2, 0.25) is 0 Å². The first kappa shape index (κ1) is 24.1. The Labute approximate surface area is 208 Å². The maximum absolute atomic E-state index is 13.4. The van der Waals surface area contributed by atoms with Crippen LogP contribution in [-0.2, 0) is 12.7 Å². The van der Waals surface area contributed by atoms with E-state index in [4.69, 9.17) is 0 Å². The molecule has 2 saturated heterocycles. The summed E-state index contributed by atoms with van der Waals surface area (Å²) in [6, 6.07) is 5.68. The van der Waals surface area contributed by atoms with E-state index >= 15 is 0 Å². The third-order valence-electron chi connectivity index (χ3n) is 6.46. The Morgan fingerprint density at radius 2 is 1.83 bits per heavy atom. The highest BCUT2D eigenvalue weighted by Crippen LogP contribution is 2.40. The molecule has 184 valence electrons. The summed E-state index contributed by atoms with van der Waals surface area (Å²) in [5.74, 6) is 0.236. The maximum Gasteiger partial charge on any atom is 0.416 e. The highest BCUT2D eigenvalue weighted by Gasteiger charge is 2.41. The lowest BCUT2D eigenvalue weighted by atomic mass is 10.0. The molecule has 3 heterocycles. The van der Waals surface area contributed by atoms with Gasteiger partial charge in [-0.3, -0.25) is 19.8 Å². The van der Waals surface area contributed by atoms with Gasteiger partial charge in [-0.05, 0) is 35.6 Å². The lowest BCUT2D eigenvalue weighted by molar-refractivity contribution is -0.383. The van der Waals surface area contributed by atoms with E-state index in [1.807, 2.05) is 4.90 Å². The third-order valence-corrected chi connectivity index (χ3v) is 8.36. The molecule has 0 amide bonds. The van der Waals surface area contributed by atoms with Crippen LogP contribution < -0.4 is 10.5 Å². The monoisotopic (exact) mass is 572 g/mol. The Bertz CT molecular complexity index is 1390. The van der Waals surface area contributed by atoms with Crippen LogP contribution in [0.4, 0.5) is 28.4 Å². The van der Waals surface area contributed by atoms with Crippen molar-refractivity contribution < 1.29 is 22.5 Å². The Morgan fingerprint density at radius 1 is 1.14 bits per heavy atom. The first-order valence-electron chi connectivity index (χ1n) is 10.6. The van der Waals surface area contributed by atoms with Crippen molar-refractivity contribution in [1.82, 2.24) is 9.88 Å². The van der Waals surface area contributed by atoms with Gasteiger partial charge in [-0.25, -0.2) is 4.39 Å². The molecule has 0 radical (unpaired) electrons. The molecule has 0 bridgehead atoms.